The fourth-order valence-electron chi connectivity index (χ4n) is 1.68. The minimum Gasteiger partial charge on any atom is -0.384 e. The lowest BCUT2D eigenvalue weighted by Gasteiger charge is -2.10. The summed E-state index contributed by atoms with van der Waals surface area (Å²) >= 11 is 3.20. The molecular weight excluding hydrogens is 341 g/mol. The van der Waals surface area contributed by atoms with Gasteiger partial charge in [0.2, 0.25) is 0 Å². The molecule has 0 aliphatic heterocycles. The van der Waals surface area contributed by atoms with Crippen LogP contribution in [-0.2, 0) is 0 Å². The van der Waals surface area contributed by atoms with Gasteiger partial charge in [-0.3, -0.25) is 10.1 Å². The third kappa shape index (κ3) is 5.36. The van der Waals surface area contributed by atoms with Crippen molar-refractivity contribution in [1.29, 1.82) is 0 Å². The number of nitrogens with one attached hydrogen (secondary N) is 1. The molecule has 0 bridgehead atoms. The van der Waals surface area contributed by atoms with Gasteiger partial charge < -0.3 is 5.32 Å². The minimum atomic E-state index is -4.12. The van der Waals surface area contributed by atoms with Gasteiger partial charge in [0.05, 0.1) is 4.92 Å². The zero-order valence-electron chi connectivity index (χ0n) is 10.8. The van der Waals surface area contributed by atoms with Crippen molar-refractivity contribution in [3.8, 4) is 0 Å². The molecule has 0 aliphatic carbocycles. The maximum atomic E-state index is 12.0. The summed E-state index contributed by atoms with van der Waals surface area (Å²) in [5.41, 5.74) is 1.13. The van der Waals surface area contributed by atoms with Crippen molar-refractivity contribution >= 4 is 27.3 Å². The van der Waals surface area contributed by atoms with E-state index in [9.17, 15) is 23.3 Å². The molecular formula is C12H14BrF3N2O2. The van der Waals surface area contributed by atoms with Crippen molar-refractivity contribution in [2.75, 3.05) is 11.9 Å². The number of aryl methyl sites for hydroxylation is 1. The smallest absolute Gasteiger partial charge is 0.384 e. The Labute approximate surface area is 122 Å². The highest BCUT2D eigenvalue weighted by Crippen LogP contribution is 2.30. The first-order valence-electron chi connectivity index (χ1n) is 5.96. The summed E-state index contributed by atoms with van der Waals surface area (Å²) < 4.78 is 36.4. The first kappa shape index (κ1) is 16.7. The number of halogens is 4. The summed E-state index contributed by atoms with van der Waals surface area (Å²) in [6.45, 7) is 1.99. The van der Waals surface area contributed by atoms with Crippen molar-refractivity contribution < 1.29 is 18.1 Å². The van der Waals surface area contributed by atoms with Crippen LogP contribution in [0.15, 0.2) is 16.6 Å². The van der Waals surface area contributed by atoms with Gasteiger partial charge in [0, 0.05) is 34.8 Å². The average Bonchev–Trinajstić information content (AvgIpc) is 2.30. The number of nitro benzene ring substituents is 1. The Morgan fingerprint density at radius 2 is 2.00 bits per heavy atom. The van der Waals surface area contributed by atoms with Gasteiger partial charge in [0.1, 0.15) is 0 Å². The predicted octanol–water partition coefficient (Wildman–Crippen LogP) is 4.81. The van der Waals surface area contributed by atoms with E-state index >= 15 is 0 Å². The lowest BCUT2D eigenvalue weighted by Crippen LogP contribution is -2.09. The molecule has 0 aromatic heterocycles. The van der Waals surface area contributed by atoms with Crippen LogP contribution < -0.4 is 5.32 Å². The number of unbranched alkanes of at least 4 members (excludes halogenated alkanes) is 1. The van der Waals surface area contributed by atoms with Crippen molar-refractivity contribution in [3.05, 3.63) is 32.3 Å². The van der Waals surface area contributed by atoms with Crippen LogP contribution in [0.4, 0.5) is 24.5 Å². The summed E-state index contributed by atoms with van der Waals surface area (Å²) in [6, 6.07) is 2.99. The molecule has 0 fully saturated rings. The quantitative estimate of drug-likeness (QED) is 0.453. The zero-order chi connectivity index (χ0) is 15.3. The van der Waals surface area contributed by atoms with E-state index in [0.717, 1.165) is 0 Å². The van der Waals surface area contributed by atoms with Gasteiger partial charge in [0.25, 0.3) is 5.69 Å². The zero-order valence-corrected chi connectivity index (χ0v) is 12.3. The van der Waals surface area contributed by atoms with Gasteiger partial charge in [-0.25, -0.2) is 0 Å². The molecule has 0 saturated heterocycles. The highest BCUT2D eigenvalue weighted by molar-refractivity contribution is 9.10. The van der Waals surface area contributed by atoms with E-state index < -0.39 is 17.5 Å². The van der Waals surface area contributed by atoms with E-state index in [4.69, 9.17) is 0 Å². The molecule has 0 aliphatic rings. The van der Waals surface area contributed by atoms with Gasteiger partial charge in [-0.2, -0.15) is 13.2 Å². The van der Waals surface area contributed by atoms with Crippen LogP contribution in [0.2, 0.25) is 0 Å². The Hall–Kier alpha value is -1.31. The molecule has 4 nitrogen and oxygen atoms in total. The van der Waals surface area contributed by atoms with Crippen LogP contribution in [0.3, 0.4) is 0 Å². The average molecular weight is 355 g/mol. The molecule has 0 amide bonds. The number of nitro groups is 1. The monoisotopic (exact) mass is 354 g/mol. The molecule has 0 radical (unpaired) electrons. The molecule has 0 spiro atoms. The molecule has 20 heavy (non-hydrogen) atoms. The first-order valence-corrected chi connectivity index (χ1v) is 6.75. The standard InChI is InChI=1S/C12H14BrF3N2O2/c1-8-6-10(9(13)7-11(8)18(19)20)17-5-3-2-4-12(14,15)16/h6-7,17H,2-5H2,1H3. The third-order valence-corrected chi connectivity index (χ3v) is 3.34. The second-order valence-corrected chi connectivity index (χ2v) is 5.23. The van der Waals surface area contributed by atoms with Crippen molar-refractivity contribution in [2.24, 2.45) is 0 Å². The second kappa shape index (κ2) is 6.92. The maximum absolute atomic E-state index is 12.0. The molecule has 1 aromatic rings. The Bertz CT molecular complexity index is 492. The minimum absolute atomic E-state index is 0.000466. The summed E-state index contributed by atoms with van der Waals surface area (Å²) in [4.78, 5) is 10.3. The van der Waals surface area contributed by atoms with E-state index in [1.165, 1.54) is 6.07 Å². The van der Waals surface area contributed by atoms with E-state index in [-0.39, 0.29) is 12.1 Å². The molecule has 0 saturated carbocycles. The van der Waals surface area contributed by atoms with Crippen LogP contribution in [0.1, 0.15) is 24.8 Å². The fourth-order valence-corrected chi connectivity index (χ4v) is 2.15. The predicted molar refractivity (Wildman–Crippen MR) is 73.9 cm³/mol. The van der Waals surface area contributed by atoms with Gasteiger partial charge >= 0.3 is 6.18 Å². The highest BCUT2D eigenvalue weighted by Gasteiger charge is 2.25. The number of benzene rings is 1. The largest absolute Gasteiger partial charge is 0.389 e. The summed E-state index contributed by atoms with van der Waals surface area (Å²) in [5.74, 6) is 0. The second-order valence-electron chi connectivity index (χ2n) is 4.37. The molecule has 1 rings (SSSR count). The Morgan fingerprint density at radius 1 is 1.35 bits per heavy atom. The van der Waals surface area contributed by atoms with Gasteiger partial charge in [-0.15, -0.1) is 0 Å². The van der Waals surface area contributed by atoms with Crippen molar-refractivity contribution in [1.82, 2.24) is 0 Å². The van der Waals surface area contributed by atoms with Crippen LogP contribution in [-0.4, -0.2) is 17.6 Å². The summed E-state index contributed by atoms with van der Waals surface area (Å²) in [6.07, 6.45) is -4.48. The van der Waals surface area contributed by atoms with Gasteiger partial charge in [-0.1, -0.05) is 0 Å². The molecule has 1 N–H and O–H groups in total. The maximum Gasteiger partial charge on any atom is 0.389 e. The number of nitrogens with zero attached hydrogens (tertiary/aromatic N) is 1. The molecule has 1 aromatic carbocycles. The lowest BCUT2D eigenvalue weighted by molar-refractivity contribution is -0.385. The molecule has 8 heteroatoms. The Kier molecular flexibility index (Phi) is 5.79. The number of hydrogen-bond donors (Lipinski definition) is 1. The number of hydrogen-bond acceptors (Lipinski definition) is 3. The van der Waals surface area contributed by atoms with Gasteiger partial charge in [-0.05, 0) is 41.8 Å². The molecule has 0 atom stereocenters. The normalized spacial score (nSPS) is 11.4. The first-order chi connectivity index (χ1) is 9.20. The summed E-state index contributed by atoms with van der Waals surface area (Å²) in [5, 5.41) is 13.7. The Balaban J connectivity index is 2.53. The number of alkyl halides is 3. The van der Waals surface area contributed by atoms with Crippen molar-refractivity contribution in [3.63, 3.8) is 0 Å². The fraction of sp³-hybridized carbons (Fsp3) is 0.500. The van der Waals surface area contributed by atoms with E-state index in [1.807, 2.05) is 0 Å². The van der Waals surface area contributed by atoms with Crippen LogP contribution in [0, 0.1) is 17.0 Å². The molecule has 0 heterocycles. The Morgan fingerprint density at radius 3 is 2.55 bits per heavy atom. The SMILES string of the molecule is Cc1cc(NCCCCC(F)(F)F)c(Br)cc1[N+](=O)[O-]. The molecule has 112 valence electrons. The topological polar surface area (TPSA) is 55.2 Å². The third-order valence-electron chi connectivity index (χ3n) is 2.68. The van der Waals surface area contributed by atoms with E-state index in [1.54, 1.807) is 13.0 Å². The van der Waals surface area contributed by atoms with Gasteiger partial charge in [0.15, 0.2) is 0 Å². The van der Waals surface area contributed by atoms with Crippen molar-refractivity contribution in [2.45, 2.75) is 32.4 Å². The highest BCUT2D eigenvalue weighted by atomic mass is 79.9. The molecule has 0 unspecified atom stereocenters. The van der Waals surface area contributed by atoms with E-state index in [0.29, 0.717) is 28.7 Å². The summed E-state index contributed by atoms with van der Waals surface area (Å²) in [7, 11) is 0. The van der Waals surface area contributed by atoms with E-state index in [2.05, 4.69) is 21.2 Å². The van der Waals surface area contributed by atoms with Crippen LogP contribution in [0.25, 0.3) is 0 Å². The number of rotatable bonds is 6. The van der Waals surface area contributed by atoms with Crippen LogP contribution in [0.5, 0.6) is 0 Å². The number of anilines is 1. The lowest BCUT2D eigenvalue weighted by atomic mass is 10.1. The van der Waals surface area contributed by atoms with Crippen LogP contribution >= 0.6 is 15.9 Å².